The average molecular weight is 218 g/mol. The van der Waals surface area contributed by atoms with Crippen molar-refractivity contribution in [2.45, 2.75) is 6.92 Å². The molecule has 2 aromatic rings. The summed E-state index contributed by atoms with van der Waals surface area (Å²) in [6.07, 6.45) is 0. The lowest BCUT2D eigenvalue weighted by molar-refractivity contribution is 0.1000. The lowest BCUT2D eigenvalue weighted by Gasteiger charge is -1.96. The summed E-state index contributed by atoms with van der Waals surface area (Å²) >= 11 is 1.33. The number of benzene rings is 1. The summed E-state index contributed by atoms with van der Waals surface area (Å²) in [5.41, 5.74) is 7.04. The molecule has 1 amide bonds. The van der Waals surface area contributed by atoms with Gasteiger partial charge in [0, 0.05) is 10.4 Å². The van der Waals surface area contributed by atoms with Crippen LogP contribution in [-0.2, 0) is 0 Å². The Labute approximate surface area is 91.6 Å². The summed E-state index contributed by atoms with van der Waals surface area (Å²) in [4.78, 5) is 16.2. The van der Waals surface area contributed by atoms with E-state index in [-0.39, 0.29) is 0 Å². The zero-order valence-corrected chi connectivity index (χ0v) is 9.04. The maximum Gasteiger partial charge on any atom is 0.277 e. The number of rotatable bonds is 2. The third kappa shape index (κ3) is 1.89. The van der Waals surface area contributed by atoms with Crippen molar-refractivity contribution in [3.8, 4) is 11.3 Å². The SMILES string of the molecule is Cc1sc(C(N)=O)nc1-c1ccccc1. The molecule has 76 valence electrons. The Balaban J connectivity index is 2.50. The van der Waals surface area contributed by atoms with Gasteiger partial charge in [0.2, 0.25) is 0 Å². The van der Waals surface area contributed by atoms with Crippen molar-refractivity contribution in [2.75, 3.05) is 0 Å². The first-order valence-corrected chi connectivity index (χ1v) is 5.33. The van der Waals surface area contributed by atoms with Crippen LogP contribution >= 0.6 is 11.3 Å². The quantitative estimate of drug-likeness (QED) is 0.840. The van der Waals surface area contributed by atoms with Gasteiger partial charge in [-0.15, -0.1) is 11.3 Å². The first-order chi connectivity index (χ1) is 7.18. The summed E-state index contributed by atoms with van der Waals surface area (Å²) in [6.45, 7) is 1.94. The Kier molecular flexibility index (Phi) is 2.51. The molecule has 0 radical (unpaired) electrons. The number of hydrogen-bond acceptors (Lipinski definition) is 3. The Morgan fingerprint density at radius 1 is 1.33 bits per heavy atom. The van der Waals surface area contributed by atoms with Crippen molar-refractivity contribution in [1.29, 1.82) is 0 Å². The average Bonchev–Trinajstić information content (AvgIpc) is 2.62. The molecule has 0 saturated carbocycles. The summed E-state index contributed by atoms with van der Waals surface area (Å²) in [5.74, 6) is -0.467. The fraction of sp³-hybridized carbons (Fsp3) is 0.0909. The van der Waals surface area contributed by atoms with Crippen LogP contribution in [0.3, 0.4) is 0 Å². The van der Waals surface area contributed by atoms with Crippen LogP contribution in [-0.4, -0.2) is 10.9 Å². The third-order valence-electron chi connectivity index (χ3n) is 2.05. The van der Waals surface area contributed by atoms with Crippen LogP contribution in [0.15, 0.2) is 30.3 Å². The minimum atomic E-state index is -0.467. The molecule has 0 unspecified atom stereocenters. The lowest BCUT2D eigenvalue weighted by Crippen LogP contribution is -2.10. The van der Waals surface area contributed by atoms with E-state index >= 15 is 0 Å². The van der Waals surface area contributed by atoms with Crippen LogP contribution in [0.1, 0.15) is 14.7 Å². The molecule has 1 aromatic heterocycles. The van der Waals surface area contributed by atoms with Gasteiger partial charge in [-0.25, -0.2) is 4.98 Å². The molecule has 3 nitrogen and oxygen atoms in total. The number of nitrogens with two attached hydrogens (primary N) is 1. The van der Waals surface area contributed by atoms with Gasteiger partial charge in [0.05, 0.1) is 5.69 Å². The van der Waals surface area contributed by atoms with E-state index in [0.29, 0.717) is 5.01 Å². The number of aromatic nitrogens is 1. The Morgan fingerprint density at radius 2 is 2.00 bits per heavy atom. The van der Waals surface area contributed by atoms with Crippen molar-refractivity contribution in [3.63, 3.8) is 0 Å². The van der Waals surface area contributed by atoms with Crippen molar-refractivity contribution < 1.29 is 4.79 Å². The minimum Gasteiger partial charge on any atom is -0.364 e. The molecule has 1 heterocycles. The molecule has 2 N–H and O–H groups in total. The first kappa shape index (κ1) is 9.86. The van der Waals surface area contributed by atoms with Crippen LogP contribution in [0.5, 0.6) is 0 Å². The van der Waals surface area contributed by atoms with Gasteiger partial charge in [0.15, 0.2) is 5.01 Å². The monoisotopic (exact) mass is 218 g/mol. The highest BCUT2D eigenvalue weighted by molar-refractivity contribution is 7.14. The summed E-state index contributed by atoms with van der Waals surface area (Å²) in [7, 11) is 0. The topological polar surface area (TPSA) is 56.0 Å². The lowest BCUT2D eigenvalue weighted by atomic mass is 10.1. The van der Waals surface area contributed by atoms with E-state index in [9.17, 15) is 4.79 Å². The number of hydrogen-bond donors (Lipinski definition) is 1. The number of primary amides is 1. The Morgan fingerprint density at radius 3 is 2.53 bits per heavy atom. The fourth-order valence-corrected chi connectivity index (χ4v) is 2.15. The van der Waals surface area contributed by atoms with Crippen molar-refractivity contribution in [3.05, 3.63) is 40.2 Å². The summed E-state index contributed by atoms with van der Waals surface area (Å²) < 4.78 is 0. The van der Waals surface area contributed by atoms with Gasteiger partial charge in [-0.1, -0.05) is 30.3 Å². The highest BCUT2D eigenvalue weighted by Crippen LogP contribution is 2.26. The van der Waals surface area contributed by atoms with E-state index < -0.39 is 5.91 Å². The normalized spacial score (nSPS) is 10.2. The van der Waals surface area contributed by atoms with Crippen LogP contribution in [0.4, 0.5) is 0 Å². The fourth-order valence-electron chi connectivity index (χ4n) is 1.37. The van der Waals surface area contributed by atoms with E-state index in [0.717, 1.165) is 16.1 Å². The largest absolute Gasteiger partial charge is 0.364 e. The number of aryl methyl sites for hydroxylation is 1. The number of thiazole rings is 1. The van der Waals surface area contributed by atoms with Gasteiger partial charge in [-0.2, -0.15) is 0 Å². The molecule has 0 fully saturated rings. The Bertz CT molecular complexity index is 491. The van der Waals surface area contributed by atoms with E-state index in [1.807, 2.05) is 37.3 Å². The van der Waals surface area contributed by atoms with E-state index in [1.165, 1.54) is 11.3 Å². The molecule has 0 aliphatic carbocycles. The van der Waals surface area contributed by atoms with E-state index in [1.54, 1.807) is 0 Å². The number of amides is 1. The molecule has 0 atom stereocenters. The van der Waals surface area contributed by atoms with E-state index in [4.69, 9.17) is 5.73 Å². The molecular weight excluding hydrogens is 208 g/mol. The molecule has 15 heavy (non-hydrogen) atoms. The van der Waals surface area contributed by atoms with Gasteiger partial charge in [0.25, 0.3) is 5.91 Å². The van der Waals surface area contributed by atoms with Crippen molar-refractivity contribution in [2.24, 2.45) is 5.73 Å². The second kappa shape index (κ2) is 3.82. The number of nitrogens with zero attached hydrogens (tertiary/aromatic N) is 1. The zero-order valence-electron chi connectivity index (χ0n) is 8.23. The Hall–Kier alpha value is -1.68. The third-order valence-corrected chi connectivity index (χ3v) is 3.04. The molecule has 4 heteroatoms. The van der Waals surface area contributed by atoms with Crippen molar-refractivity contribution in [1.82, 2.24) is 4.98 Å². The summed E-state index contributed by atoms with van der Waals surface area (Å²) in [5, 5.41) is 0.367. The van der Waals surface area contributed by atoms with Crippen LogP contribution in [0.25, 0.3) is 11.3 Å². The van der Waals surface area contributed by atoms with Crippen LogP contribution < -0.4 is 5.73 Å². The van der Waals surface area contributed by atoms with Crippen LogP contribution in [0, 0.1) is 6.92 Å². The van der Waals surface area contributed by atoms with Gasteiger partial charge in [0.1, 0.15) is 0 Å². The van der Waals surface area contributed by atoms with Crippen molar-refractivity contribution >= 4 is 17.2 Å². The maximum atomic E-state index is 11.0. The van der Waals surface area contributed by atoms with Gasteiger partial charge in [-0.3, -0.25) is 4.79 Å². The van der Waals surface area contributed by atoms with Gasteiger partial charge >= 0.3 is 0 Å². The molecule has 0 bridgehead atoms. The van der Waals surface area contributed by atoms with Gasteiger partial charge in [-0.05, 0) is 6.92 Å². The highest BCUT2D eigenvalue weighted by Gasteiger charge is 2.12. The summed E-state index contributed by atoms with van der Waals surface area (Å²) in [6, 6.07) is 9.76. The zero-order chi connectivity index (χ0) is 10.8. The minimum absolute atomic E-state index is 0.367. The first-order valence-electron chi connectivity index (χ1n) is 4.51. The number of carbonyl (C=O) groups excluding carboxylic acids is 1. The molecule has 2 rings (SSSR count). The van der Waals surface area contributed by atoms with Crippen LogP contribution in [0.2, 0.25) is 0 Å². The molecular formula is C11H10N2OS. The standard InChI is InChI=1S/C11H10N2OS/c1-7-9(8-5-3-2-4-6-8)13-11(15-7)10(12)14/h2-6H,1H3,(H2,12,14). The highest BCUT2D eigenvalue weighted by atomic mass is 32.1. The maximum absolute atomic E-state index is 11.0. The second-order valence-corrected chi connectivity index (χ2v) is 4.36. The predicted octanol–water partition coefficient (Wildman–Crippen LogP) is 2.22. The van der Waals surface area contributed by atoms with Gasteiger partial charge < -0.3 is 5.73 Å². The number of carbonyl (C=O) groups is 1. The molecule has 1 aromatic carbocycles. The smallest absolute Gasteiger partial charge is 0.277 e. The van der Waals surface area contributed by atoms with E-state index in [2.05, 4.69) is 4.98 Å². The second-order valence-electron chi connectivity index (χ2n) is 3.15. The molecule has 0 aliphatic heterocycles. The predicted molar refractivity (Wildman–Crippen MR) is 60.8 cm³/mol. The molecule has 0 spiro atoms. The molecule has 0 saturated heterocycles. The molecule has 0 aliphatic rings.